The van der Waals surface area contributed by atoms with Gasteiger partial charge in [0.25, 0.3) is 0 Å². The minimum atomic E-state index is -0.562. The van der Waals surface area contributed by atoms with Crippen LogP contribution in [0, 0.1) is 0 Å². The first-order chi connectivity index (χ1) is 16.0. The molecule has 0 atom stereocenters. The molecule has 0 saturated carbocycles. The van der Waals surface area contributed by atoms with Gasteiger partial charge in [-0.25, -0.2) is 14.8 Å². The number of aromatic nitrogens is 2. The number of amides is 2. The van der Waals surface area contributed by atoms with E-state index in [-0.39, 0.29) is 0 Å². The number of halogens is 1. The summed E-state index contributed by atoms with van der Waals surface area (Å²) in [6.45, 7) is 4.12. The Hall–Kier alpha value is -3.70. The van der Waals surface area contributed by atoms with Gasteiger partial charge in [0.05, 0.1) is 23.8 Å². The topological polar surface area (TPSA) is 72.1 Å². The van der Waals surface area contributed by atoms with Crippen LogP contribution in [-0.4, -0.2) is 16.0 Å². The molecule has 0 unspecified atom stereocenters. The maximum absolute atomic E-state index is 12.5. The monoisotopic (exact) mass is 456 g/mol. The molecule has 3 aromatic carbocycles. The van der Waals surface area contributed by atoms with Crippen molar-refractivity contribution in [2.24, 2.45) is 5.73 Å². The lowest BCUT2D eigenvalue weighted by Gasteiger charge is -2.25. The zero-order chi connectivity index (χ0) is 23.4. The predicted molar refractivity (Wildman–Crippen MR) is 135 cm³/mol. The molecule has 0 spiro atoms. The second kappa shape index (κ2) is 9.84. The fraction of sp³-hybridized carbons (Fsp3) is 0.148. The number of nitrogens with two attached hydrogens (primary N) is 1. The van der Waals surface area contributed by atoms with E-state index >= 15 is 0 Å². The summed E-state index contributed by atoms with van der Waals surface area (Å²) in [7, 11) is 0. The number of rotatable bonds is 6. The van der Waals surface area contributed by atoms with Crippen molar-refractivity contribution < 1.29 is 4.79 Å². The van der Waals surface area contributed by atoms with Gasteiger partial charge in [0.2, 0.25) is 0 Å². The highest BCUT2D eigenvalue weighted by Crippen LogP contribution is 2.33. The first-order valence-electron chi connectivity index (χ1n) is 10.9. The van der Waals surface area contributed by atoms with Crippen LogP contribution in [0.2, 0.25) is 5.02 Å². The minimum absolute atomic E-state index is 0.539. The second-order valence-electron chi connectivity index (χ2n) is 7.66. The molecule has 4 aromatic rings. The molecule has 0 aliphatic carbocycles. The summed E-state index contributed by atoms with van der Waals surface area (Å²) in [4.78, 5) is 23.0. The minimum Gasteiger partial charge on any atom is -0.351 e. The fourth-order valence-corrected chi connectivity index (χ4v) is 4.12. The van der Waals surface area contributed by atoms with E-state index in [1.54, 1.807) is 12.4 Å². The average molecular weight is 457 g/mol. The molecule has 2 amide bonds. The van der Waals surface area contributed by atoms with E-state index in [9.17, 15) is 4.79 Å². The highest BCUT2D eigenvalue weighted by atomic mass is 35.5. The first-order valence-corrected chi connectivity index (χ1v) is 11.3. The van der Waals surface area contributed by atoms with Crippen LogP contribution in [0.5, 0.6) is 0 Å². The standard InChI is InChI=1S/C27H25ClN4O/c1-3-18-7-5-8-19(4-2)25(18)32(27(29)33)24-16-30-26(31-17-24)21-13-11-20(12-14-21)22-9-6-10-23(28)15-22/h5-17H,3-4H2,1-2H3,(H2,29,33). The summed E-state index contributed by atoms with van der Waals surface area (Å²) < 4.78 is 0. The lowest BCUT2D eigenvalue weighted by atomic mass is 10.0. The summed E-state index contributed by atoms with van der Waals surface area (Å²) in [6.07, 6.45) is 4.85. The van der Waals surface area contributed by atoms with Gasteiger partial charge < -0.3 is 5.73 Å². The van der Waals surface area contributed by atoms with Crippen molar-refractivity contribution >= 4 is 29.0 Å². The molecule has 1 aromatic heterocycles. The molecule has 0 bridgehead atoms. The Bertz CT molecular complexity index is 1250. The van der Waals surface area contributed by atoms with Gasteiger partial charge in [-0.05, 0) is 47.2 Å². The normalized spacial score (nSPS) is 10.8. The summed E-state index contributed by atoms with van der Waals surface area (Å²) in [5, 5.41) is 0.699. The number of para-hydroxylation sites is 1. The summed E-state index contributed by atoms with van der Waals surface area (Å²) >= 11 is 6.11. The van der Waals surface area contributed by atoms with E-state index in [4.69, 9.17) is 17.3 Å². The van der Waals surface area contributed by atoms with Crippen LogP contribution in [0.3, 0.4) is 0 Å². The van der Waals surface area contributed by atoms with Crippen LogP contribution in [-0.2, 0) is 12.8 Å². The molecule has 0 aliphatic rings. The van der Waals surface area contributed by atoms with Crippen LogP contribution in [0.25, 0.3) is 22.5 Å². The predicted octanol–water partition coefficient (Wildman–Crippen LogP) is 6.81. The zero-order valence-corrected chi connectivity index (χ0v) is 19.4. The number of hydrogen-bond donors (Lipinski definition) is 1. The third-order valence-electron chi connectivity index (χ3n) is 5.61. The molecule has 166 valence electrons. The van der Waals surface area contributed by atoms with Crippen LogP contribution in [0.1, 0.15) is 25.0 Å². The molecule has 0 saturated heterocycles. The highest BCUT2D eigenvalue weighted by molar-refractivity contribution is 6.30. The van der Waals surface area contributed by atoms with Crippen molar-refractivity contribution in [3.63, 3.8) is 0 Å². The summed E-state index contributed by atoms with van der Waals surface area (Å²) in [5.74, 6) is 0.570. The molecular weight excluding hydrogens is 432 g/mol. The summed E-state index contributed by atoms with van der Waals surface area (Å²) in [5.41, 5.74) is 12.2. The molecule has 0 fully saturated rings. The molecule has 4 rings (SSSR count). The van der Waals surface area contributed by atoms with Crippen molar-refractivity contribution in [2.75, 3.05) is 4.90 Å². The van der Waals surface area contributed by atoms with Crippen molar-refractivity contribution in [3.8, 4) is 22.5 Å². The average Bonchev–Trinajstić information content (AvgIpc) is 2.84. The largest absolute Gasteiger partial charge is 0.351 e. The van der Waals surface area contributed by atoms with Crippen molar-refractivity contribution in [1.82, 2.24) is 9.97 Å². The number of hydrogen-bond acceptors (Lipinski definition) is 3. The van der Waals surface area contributed by atoms with E-state index in [0.717, 1.165) is 46.3 Å². The van der Waals surface area contributed by atoms with Gasteiger partial charge >= 0.3 is 6.03 Å². The second-order valence-corrected chi connectivity index (χ2v) is 8.09. The van der Waals surface area contributed by atoms with E-state index in [1.165, 1.54) is 4.90 Å². The van der Waals surface area contributed by atoms with Crippen molar-refractivity contribution in [2.45, 2.75) is 26.7 Å². The molecule has 0 aliphatic heterocycles. The van der Waals surface area contributed by atoms with Crippen LogP contribution in [0.15, 0.2) is 79.1 Å². The smallest absolute Gasteiger partial charge is 0.324 e. The van der Waals surface area contributed by atoms with Crippen molar-refractivity contribution in [1.29, 1.82) is 0 Å². The zero-order valence-electron chi connectivity index (χ0n) is 18.6. The Morgan fingerprint density at radius 1 is 0.848 bits per heavy atom. The molecule has 5 nitrogen and oxygen atoms in total. The Kier molecular flexibility index (Phi) is 6.71. The number of primary amides is 1. The number of aryl methyl sites for hydroxylation is 2. The lowest BCUT2D eigenvalue weighted by molar-refractivity contribution is 0.256. The Morgan fingerprint density at radius 2 is 1.42 bits per heavy atom. The molecular formula is C27H25ClN4O. The molecule has 1 heterocycles. The fourth-order valence-electron chi connectivity index (χ4n) is 3.93. The maximum atomic E-state index is 12.5. The van der Waals surface area contributed by atoms with E-state index in [0.29, 0.717) is 16.5 Å². The first kappa shape index (κ1) is 22.5. The van der Waals surface area contributed by atoms with Gasteiger partial charge in [-0.3, -0.25) is 4.90 Å². The lowest BCUT2D eigenvalue weighted by Crippen LogP contribution is -2.33. The molecule has 2 N–H and O–H groups in total. The Labute approximate surface area is 198 Å². The van der Waals surface area contributed by atoms with E-state index in [1.807, 2.05) is 66.7 Å². The van der Waals surface area contributed by atoms with Gasteiger partial charge in [0.15, 0.2) is 5.82 Å². The third kappa shape index (κ3) is 4.73. The number of anilines is 2. The van der Waals surface area contributed by atoms with Gasteiger partial charge in [0.1, 0.15) is 0 Å². The molecule has 6 heteroatoms. The third-order valence-corrected chi connectivity index (χ3v) is 5.84. The van der Waals surface area contributed by atoms with Crippen LogP contribution >= 0.6 is 11.6 Å². The SMILES string of the molecule is CCc1cccc(CC)c1N(C(N)=O)c1cnc(-c2ccc(-c3cccc(Cl)c3)cc2)nc1. The van der Waals surface area contributed by atoms with Gasteiger partial charge in [0, 0.05) is 10.6 Å². The maximum Gasteiger partial charge on any atom is 0.324 e. The van der Waals surface area contributed by atoms with E-state index in [2.05, 4.69) is 23.8 Å². The van der Waals surface area contributed by atoms with Crippen LogP contribution < -0.4 is 10.6 Å². The number of carbonyl (C=O) groups excluding carboxylic acids is 1. The van der Waals surface area contributed by atoms with Gasteiger partial charge in [-0.15, -0.1) is 0 Å². The number of benzene rings is 3. The van der Waals surface area contributed by atoms with Gasteiger partial charge in [-0.1, -0.05) is 80.0 Å². The number of carbonyl (C=O) groups is 1. The summed E-state index contributed by atoms with van der Waals surface area (Å²) in [6, 6.07) is 21.2. The number of urea groups is 1. The highest BCUT2D eigenvalue weighted by Gasteiger charge is 2.21. The number of nitrogens with zero attached hydrogens (tertiary/aromatic N) is 3. The van der Waals surface area contributed by atoms with Gasteiger partial charge in [-0.2, -0.15) is 0 Å². The molecule has 33 heavy (non-hydrogen) atoms. The van der Waals surface area contributed by atoms with Crippen LogP contribution in [0.4, 0.5) is 16.2 Å². The quantitative estimate of drug-likeness (QED) is 0.346. The Balaban J connectivity index is 1.66. The van der Waals surface area contributed by atoms with E-state index < -0.39 is 6.03 Å². The molecule has 0 radical (unpaired) electrons. The Morgan fingerprint density at radius 3 is 1.97 bits per heavy atom. The van der Waals surface area contributed by atoms with Crippen molar-refractivity contribution in [3.05, 3.63) is 95.3 Å².